The highest BCUT2D eigenvalue weighted by molar-refractivity contribution is 5.86. The molecule has 0 spiro atoms. The molecule has 0 fully saturated rings. The van der Waals surface area contributed by atoms with Crippen LogP contribution < -0.4 is 26.1 Å². The number of benzene rings is 2. The van der Waals surface area contributed by atoms with E-state index in [-0.39, 0.29) is 0 Å². The van der Waals surface area contributed by atoms with Crippen LogP contribution in [-0.4, -0.2) is 17.1 Å². The maximum atomic E-state index is 6.37. The number of ether oxygens (including phenoxy) is 2. The second kappa shape index (κ2) is 8.80. The molecule has 0 atom stereocenters. The molecule has 7 nitrogen and oxygen atoms in total. The van der Waals surface area contributed by atoms with Crippen molar-refractivity contribution in [2.75, 3.05) is 18.3 Å². The number of para-hydroxylation sites is 1. The average Bonchev–Trinajstić information content (AvgIpc) is 3.32. The lowest BCUT2D eigenvalue weighted by molar-refractivity contribution is 0.286. The number of pyridine rings is 2. The molecule has 0 unspecified atom stereocenters. The number of fused-ring (bicyclic) bond motifs is 1. The summed E-state index contributed by atoms with van der Waals surface area (Å²) in [5, 5.41) is 0. The van der Waals surface area contributed by atoms with Crippen LogP contribution in [0.2, 0.25) is 0 Å². The number of nitrogens with two attached hydrogens (primary N) is 1. The van der Waals surface area contributed by atoms with E-state index in [1.165, 1.54) is 5.56 Å². The van der Waals surface area contributed by atoms with Gasteiger partial charge in [-0.25, -0.2) is 10.4 Å². The summed E-state index contributed by atoms with van der Waals surface area (Å²) in [5.74, 6) is 1.30. The summed E-state index contributed by atoms with van der Waals surface area (Å²) in [4.78, 5) is 9.23. The van der Waals surface area contributed by atoms with Gasteiger partial charge in [0.15, 0.2) is 0 Å². The Morgan fingerprint density at radius 2 is 1.91 bits per heavy atom. The van der Waals surface area contributed by atoms with E-state index < -0.39 is 0 Å². The summed E-state index contributed by atoms with van der Waals surface area (Å²) in [6, 6.07) is 19.6. The number of nitrogens with zero attached hydrogens (tertiary/aromatic N) is 2. The molecule has 0 bridgehead atoms. The van der Waals surface area contributed by atoms with Gasteiger partial charge in [0.2, 0.25) is 5.88 Å². The number of hydrogen-bond acceptors (Lipinski definition) is 7. The van der Waals surface area contributed by atoms with Crippen LogP contribution in [0.4, 0.5) is 11.4 Å². The molecule has 166 valence electrons. The number of hydrogen-bond donors (Lipinski definition) is 3. The Bertz CT molecular complexity index is 1320. The second-order valence-electron chi connectivity index (χ2n) is 7.88. The van der Waals surface area contributed by atoms with E-state index in [1.807, 2.05) is 48.5 Å². The zero-order valence-electron chi connectivity index (χ0n) is 18.6. The molecule has 2 aromatic carbocycles. The van der Waals surface area contributed by atoms with Crippen molar-refractivity contribution in [3.8, 4) is 34.1 Å². The van der Waals surface area contributed by atoms with E-state index in [0.29, 0.717) is 18.2 Å². The normalized spacial score (nSPS) is 12.2. The fourth-order valence-electron chi connectivity index (χ4n) is 4.10. The third kappa shape index (κ3) is 4.06. The monoisotopic (exact) mass is 439 g/mol. The van der Waals surface area contributed by atoms with Crippen LogP contribution in [0.15, 0.2) is 66.9 Å². The first kappa shape index (κ1) is 20.8. The van der Waals surface area contributed by atoms with Crippen molar-refractivity contribution in [1.29, 1.82) is 0 Å². The number of aryl methyl sites for hydroxylation is 1. The van der Waals surface area contributed by atoms with Crippen molar-refractivity contribution in [3.05, 3.63) is 83.6 Å². The molecule has 1 aliphatic heterocycles. The van der Waals surface area contributed by atoms with Crippen LogP contribution in [-0.2, 0) is 13.2 Å². The summed E-state index contributed by atoms with van der Waals surface area (Å²) in [6.07, 6.45) is 1.70. The van der Waals surface area contributed by atoms with Crippen molar-refractivity contribution in [2.24, 2.45) is 0 Å². The standard InChI is InChI=1S/C26H25N5O2/c1-16-10-11-21-19(13-29-31-21)26(16)18-12-23(28-14-20(18)27)22-7-5-9-25(30-22)33-15-17-6-3-4-8-24(17)32-2/h3-12,14,29,31H,13,15,27H2,1-2H3. The van der Waals surface area contributed by atoms with Crippen molar-refractivity contribution in [3.63, 3.8) is 0 Å². The van der Waals surface area contributed by atoms with Gasteiger partial charge in [-0.3, -0.25) is 4.98 Å². The zero-order valence-corrected chi connectivity index (χ0v) is 18.6. The molecule has 3 heterocycles. The highest BCUT2D eigenvalue weighted by Gasteiger charge is 2.20. The molecule has 0 radical (unpaired) electrons. The van der Waals surface area contributed by atoms with Gasteiger partial charge in [0, 0.05) is 29.3 Å². The van der Waals surface area contributed by atoms with Crippen LogP contribution in [0.1, 0.15) is 16.7 Å². The van der Waals surface area contributed by atoms with Crippen LogP contribution in [0.3, 0.4) is 0 Å². The molecular formula is C26H25N5O2. The first-order valence-corrected chi connectivity index (χ1v) is 10.7. The minimum absolute atomic E-state index is 0.357. The number of hydrazine groups is 1. The Balaban J connectivity index is 1.46. The molecule has 0 aliphatic carbocycles. The average molecular weight is 440 g/mol. The fraction of sp³-hybridized carbons (Fsp3) is 0.154. The molecule has 4 aromatic rings. The molecule has 33 heavy (non-hydrogen) atoms. The van der Waals surface area contributed by atoms with Gasteiger partial charge in [-0.1, -0.05) is 30.3 Å². The van der Waals surface area contributed by atoms with Crippen molar-refractivity contribution < 1.29 is 9.47 Å². The number of nitrogens with one attached hydrogen (secondary N) is 2. The van der Waals surface area contributed by atoms with Gasteiger partial charge in [-0.05, 0) is 42.3 Å². The molecule has 4 N–H and O–H groups in total. The fourth-order valence-corrected chi connectivity index (χ4v) is 4.10. The van der Waals surface area contributed by atoms with E-state index in [1.54, 1.807) is 13.3 Å². The maximum Gasteiger partial charge on any atom is 0.214 e. The molecule has 0 saturated heterocycles. The number of methoxy groups -OCH3 is 1. The number of rotatable bonds is 6. The summed E-state index contributed by atoms with van der Waals surface area (Å²) in [7, 11) is 1.65. The molecule has 5 rings (SSSR count). The van der Waals surface area contributed by atoms with Gasteiger partial charge in [-0.2, -0.15) is 0 Å². The summed E-state index contributed by atoms with van der Waals surface area (Å²) >= 11 is 0. The van der Waals surface area contributed by atoms with E-state index in [9.17, 15) is 0 Å². The van der Waals surface area contributed by atoms with Gasteiger partial charge >= 0.3 is 0 Å². The van der Waals surface area contributed by atoms with E-state index in [2.05, 4.69) is 39.9 Å². The van der Waals surface area contributed by atoms with Gasteiger partial charge < -0.3 is 20.6 Å². The topological polar surface area (TPSA) is 94.3 Å². The molecule has 1 aliphatic rings. The molecule has 7 heteroatoms. The summed E-state index contributed by atoms with van der Waals surface area (Å²) < 4.78 is 11.4. The van der Waals surface area contributed by atoms with Gasteiger partial charge in [0.05, 0.1) is 36.1 Å². The number of anilines is 2. The minimum atomic E-state index is 0.357. The smallest absolute Gasteiger partial charge is 0.214 e. The highest BCUT2D eigenvalue weighted by Crippen LogP contribution is 2.38. The maximum absolute atomic E-state index is 6.37. The SMILES string of the molecule is COc1ccccc1COc1cccc(-c2cc(-c3c(C)ccc4c3CNN4)c(N)cn2)n1. The Hall–Kier alpha value is -4.10. The second-order valence-corrected chi connectivity index (χ2v) is 7.88. The number of aromatic nitrogens is 2. The third-order valence-corrected chi connectivity index (χ3v) is 5.77. The van der Waals surface area contributed by atoms with Crippen LogP contribution in [0.25, 0.3) is 22.5 Å². The lowest BCUT2D eigenvalue weighted by atomic mass is 9.93. The Kier molecular flexibility index (Phi) is 5.54. The summed E-state index contributed by atoms with van der Waals surface area (Å²) in [6.45, 7) is 3.18. The van der Waals surface area contributed by atoms with Gasteiger partial charge in [0.25, 0.3) is 0 Å². The largest absolute Gasteiger partial charge is 0.496 e. The first-order valence-electron chi connectivity index (χ1n) is 10.7. The molecule has 2 aromatic heterocycles. The third-order valence-electron chi connectivity index (χ3n) is 5.77. The lowest BCUT2D eigenvalue weighted by Gasteiger charge is -2.15. The minimum Gasteiger partial charge on any atom is -0.496 e. The van der Waals surface area contributed by atoms with Crippen LogP contribution in [0, 0.1) is 6.92 Å². The van der Waals surface area contributed by atoms with Crippen molar-refractivity contribution >= 4 is 11.4 Å². The van der Waals surface area contributed by atoms with Crippen molar-refractivity contribution in [2.45, 2.75) is 20.1 Å². The quantitative estimate of drug-likeness (QED) is 0.400. The number of nitrogen functional groups attached to an aromatic ring is 1. The van der Waals surface area contributed by atoms with Gasteiger partial charge in [0.1, 0.15) is 12.4 Å². The Morgan fingerprint density at radius 3 is 2.79 bits per heavy atom. The Labute approximate surface area is 192 Å². The van der Waals surface area contributed by atoms with E-state index >= 15 is 0 Å². The predicted octanol–water partition coefficient (Wildman–Crippen LogP) is 4.72. The van der Waals surface area contributed by atoms with Gasteiger partial charge in [-0.15, -0.1) is 0 Å². The van der Waals surface area contributed by atoms with Crippen LogP contribution >= 0.6 is 0 Å². The lowest BCUT2D eigenvalue weighted by Crippen LogP contribution is -2.10. The highest BCUT2D eigenvalue weighted by atomic mass is 16.5. The van der Waals surface area contributed by atoms with Crippen molar-refractivity contribution in [1.82, 2.24) is 15.4 Å². The Morgan fingerprint density at radius 1 is 1.03 bits per heavy atom. The van der Waals surface area contributed by atoms with E-state index in [0.717, 1.165) is 51.6 Å². The van der Waals surface area contributed by atoms with Crippen LogP contribution in [0.5, 0.6) is 11.6 Å². The molecular weight excluding hydrogens is 414 g/mol. The molecule has 0 amide bonds. The first-order chi connectivity index (χ1) is 16.1. The van der Waals surface area contributed by atoms with E-state index in [4.69, 9.17) is 15.2 Å². The summed E-state index contributed by atoms with van der Waals surface area (Å²) in [5.41, 5.74) is 21.3. The molecule has 0 saturated carbocycles. The predicted molar refractivity (Wildman–Crippen MR) is 130 cm³/mol. The zero-order chi connectivity index (χ0) is 22.8.